The molecule has 0 N–H and O–H groups in total. The number of esters is 2. The Kier molecular flexibility index (Phi) is 7.00. The van der Waals surface area contributed by atoms with Crippen LogP contribution in [0.4, 0.5) is 4.79 Å². The van der Waals surface area contributed by atoms with E-state index in [4.69, 9.17) is 14.2 Å². The van der Waals surface area contributed by atoms with Crippen LogP contribution in [0.25, 0.3) is 6.08 Å². The highest BCUT2D eigenvalue weighted by Crippen LogP contribution is 2.34. The Hall–Kier alpha value is -2.81. The molecule has 144 valence electrons. The minimum atomic E-state index is -0.648. The molecule has 8 nitrogen and oxygen atoms in total. The number of ether oxygens (including phenoxy) is 3. The standard InChI is InChI=1S/C18H19NO7S/c1-4-24-14-8-12(6-7-13(14)26-11(3)20)9-15-17(22)19(18(23)27-15)10-16(21)25-5-2/h6-9H,4-5,10H2,1-3H3/b15-9+. The summed E-state index contributed by atoms with van der Waals surface area (Å²) in [6, 6.07) is 4.77. The van der Waals surface area contributed by atoms with E-state index in [1.165, 1.54) is 13.0 Å². The highest BCUT2D eigenvalue weighted by Gasteiger charge is 2.36. The first kappa shape index (κ1) is 20.5. The van der Waals surface area contributed by atoms with Gasteiger partial charge in [0.15, 0.2) is 11.5 Å². The lowest BCUT2D eigenvalue weighted by Gasteiger charge is -2.11. The van der Waals surface area contributed by atoms with Crippen molar-refractivity contribution in [1.82, 2.24) is 4.90 Å². The molecule has 1 aliphatic rings. The van der Waals surface area contributed by atoms with Gasteiger partial charge in [0.2, 0.25) is 0 Å². The number of rotatable bonds is 7. The maximum atomic E-state index is 12.4. The Morgan fingerprint density at radius 1 is 1.15 bits per heavy atom. The van der Waals surface area contributed by atoms with Crippen molar-refractivity contribution in [1.29, 1.82) is 0 Å². The van der Waals surface area contributed by atoms with Gasteiger partial charge in [0.25, 0.3) is 11.1 Å². The molecule has 1 saturated heterocycles. The minimum Gasteiger partial charge on any atom is -0.490 e. The summed E-state index contributed by atoms with van der Waals surface area (Å²) in [4.78, 5) is 48.1. The smallest absolute Gasteiger partial charge is 0.326 e. The van der Waals surface area contributed by atoms with Crippen molar-refractivity contribution >= 4 is 40.9 Å². The van der Waals surface area contributed by atoms with Crippen molar-refractivity contribution in [2.45, 2.75) is 20.8 Å². The first-order valence-electron chi connectivity index (χ1n) is 8.22. The van der Waals surface area contributed by atoms with Gasteiger partial charge in [-0.25, -0.2) is 0 Å². The fourth-order valence-electron chi connectivity index (χ4n) is 2.25. The normalized spacial score (nSPS) is 15.2. The molecule has 2 amide bonds. The van der Waals surface area contributed by atoms with Crippen LogP contribution in [0.5, 0.6) is 11.5 Å². The minimum absolute atomic E-state index is 0.166. The zero-order valence-corrected chi connectivity index (χ0v) is 16.0. The molecule has 1 aliphatic heterocycles. The predicted octanol–water partition coefficient (Wildman–Crippen LogP) is 2.61. The molecule has 0 atom stereocenters. The van der Waals surface area contributed by atoms with Gasteiger partial charge in [-0.2, -0.15) is 0 Å². The first-order chi connectivity index (χ1) is 12.8. The number of carbonyl (C=O) groups is 4. The van der Waals surface area contributed by atoms with Gasteiger partial charge in [-0.3, -0.25) is 24.1 Å². The molecule has 1 aromatic carbocycles. The number of imide groups is 1. The fraction of sp³-hybridized carbons (Fsp3) is 0.333. The first-order valence-corrected chi connectivity index (χ1v) is 9.03. The van der Waals surface area contributed by atoms with E-state index in [2.05, 4.69) is 0 Å². The molecule has 1 fully saturated rings. The lowest BCUT2D eigenvalue weighted by atomic mass is 10.2. The van der Waals surface area contributed by atoms with Gasteiger partial charge >= 0.3 is 11.9 Å². The third-order valence-corrected chi connectivity index (χ3v) is 4.19. The van der Waals surface area contributed by atoms with Crippen molar-refractivity contribution in [3.05, 3.63) is 28.7 Å². The quantitative estimate of drug-likeness (QED) is 0.396. The summed E-state index contributed by atoms with van der Waals surface area (Å²) in [5.74, 6) is -1.10. The van der Waals surface area contributed by atoms with E-state index >= 15 is 0 Å². The Morgan fingerprint density at radius 2 is 1.89 bits per heavy atom. The van der Waals surface area contributed by atoms with Crippen molar-refractivity contribution in [3.63, 3.8) is 0 Å². The zero-order chi connectivity index (χ0) is 20.0. The highest BCUT2D eigenvalue weighted by molar-refractivity contribution is 8.18. The molecular weight excluding hydrogens is 374 g/mol. The van der Waals surface area contributed by atoms with Crippen LogP contribution < -0.4 is 9.47 Å². The average molecular weight is 393 g/mol. The molecular formula is C18H19NO7S. The monoisotopic (exact) mass is 393 g/mol. The van der Waals surface area contributed by atoms with Crippen molar-refractivity contribution < 1.29 is 33.4 Å². The van der Waals surface area contributed by atoms with Crippen LogP contribution in [0, 0.1) is 0 Å². The second-order valence-corrected chi connectivity index (χ2v) is 6.30. The zero-order valence-electron chi connectivity index (χ0n) is 15.1. The Balaban J connectivity index is 2.23. The third kappa shape index (κ3) is 5.33. The molecule has 27 heavy (non-hydrogen) atoms. The number of benzene rings is 1. The largest absolute Gasteiger partial charge is 0.490 e. The van der Waals surface area contributed by atoms with Gasteiger partial charge in [0.1, 0.15) is 6.54 Å². The Bertz CT molecular complexity index is 803. The number of amides is 2. The van der Waals surface area contributed by atoms with Crippen LogP contribution in [0.2, 0.25) is 0 Å². The Morgan fingerprint density at radius 3 is 2.52 bits per heavy atom. The lowest BCUT2D eigenvalue weighted by molar-refractivity contribution is -0.146. The fourth-order valence-corrected chi connectivity index (χ4v) is 3.08. The van der Waals surface area contributed by atoms with Crippen molar-refractivity contribution in [3.8, 4) is 11.5 Å². The van der Waals surface area contributed by atoms with Gasteiger partial charge in [-0.15, -0.1) is 0 Å². The van der Waals surface area contributed by atoms with E-state index < -0.39 is 29.6 Å². The number of nitrogens with zero attached hydrogens (tertiary/aromatic N) is 1. The molecule has 1 heterocycles. The van der Waals surface area contributed by atoms with Crippen molar-refractivity contribution in [2.75, 3.05) is 19.8 Å². The molecule has 0 saturated carbocycles. The number of thioether (sulfide) groups is 1. The Labute approximate surface area is 160 Å². The van der Waals surface area contributed by atoms with Crippen molar-refractivity contribution in [2.24, 2.45) is 0 Å². The van der Waals surface area contributed by atoms with E-state index in [1.807, 2.05) is 0 Å². The molecule has 1 aromatic rings. The highest BCUT2D eigenvalue weighted by atomic mass is 32.2. The second-order valence-electron chi connectivity index (χ2n) is 5.31. The maximum Gasteiger partial charge on any atom is 0.326 e. The summed E-state index contributed by atoms with van der Waals surface area (Å²) in [6.45, 7) is 4.80. The van der Waals surface area contributed by atoms with Gasteiger partial charge < -0.3 is 14.2 Å². The number of hydrogen-bond donors (Lipinski definition) is 0. The topological polar surface area (TPSA) is 99.2 Å². The summed E-state index contributed by atoms with van der Waals surface area (Å²) in [5.41, 5.74) is 0.580. The van der Waals surface area contributed by atoms with E-state index in [1.54, 1.807) is 32.0 Å². The SMILES string of the molecule is CCOC(=O)CN1C(=O)S/C(=C/c2ccc(OC(C)=O)c(OCC)c2)C1=O. The average Bonchev–Trinajstić information content (AvgIpc) is 2.85. The van der Waals surface area contributed by atoms with Crippen LogP contribution in [-0.4, -0.2) is 47.7 Å². The number of carbonyl (C=O) groups excluding carboxylic acids is 4. The van der Waals surface area contributed by atoms with Gasteiger partial charge in [-0.05, 0) is 49.4 Å². The predicted molar refractivity (Wildman–Crippen MR) is 98.2 cm³/mol. The van der Waals surface area contributed by atoms with Crippen LogP contribution >= 0.6 is 11.8 Å². The summed E-state index contributed by atoms with van der Waals surface area (Å²) in [7, 11) is 0. The molecule has 0 aromatic heterocycles. The summed E-state index contributed by atoms with van der Waals surface area (Å²) in [5, 5.41) is -0.541. The molecule has 2 rings (SSSR count). The summed E-state index contributed by atoms with van der Waals surface area (Å²) >= 11 is 0.735. The van der Waals surface area contributed by atoms with E-state index in [0.29, 0.717) is 17.9 Å². The molecule has 0 spiro atoms. The van der Waals surface area contributed by atoms with E-state index in [0.717, 1.165) is 16.7 Å². The molecule has 0 radical (unpaired) electrons. The summed E-state index contributed by atoms with van der Waals surface area (Å²) < 4.78 is 15.3. The van der Waals surface area contributed by atoms with Gasteiger partial charge in [0.05, 0.1) is 18.1 Å². The van der Waals surface area contributed by atoms with Crippen LogP contribution in [0.1, 0.15) is 26.3 Å². The molecule has 9 heteroatoms. The van der Waals surface area contributed by atoms with E-state index in [-0.39, 0.29) is 17.3 Å². The van der Waals surface area contributed by atoms with E-state index in [9.17, 15) is 19.2 Å². The molecule has 0 unspecified atom stereocenters. The van der Waals surface area contributed by atoms with Crippen LogP contribution in [0.3, 0.4) is 0 Å². The van der Waals surface area contributed by atoms with Crippen LogP contribution in [-0.2, 0) is 19.1 Å². The molecule has 0 bridgehead atoms. The summed E-state index contributed by atoms with van der Waals surface area (Å²) in [6.07, 6.45) is 1.51. The maximum absolute atomic E-state index is 12.4. The molecule has 0 aliphatic carbocycles. The second kappa shape index (κ2) is 9.22. The number of hydrogen-bond acceptors (Lipinski definition) is 8. The van der Waals surface area contributed by atoms with Crippen LogP contribution in [0.15, 0.2) is 23.1 Å². The van der Waals surface area contributed by atoms with Gasteiger partial charge in [-0.1, -0.05) is 6.07 Å². The van der Waals surface area contributed by atoms with Gasteiger partial charge in [0, 0.05) is 6.92 Å². The lowest BCUT2D eigenvalue weighted by Crippen LogP contribution is -2.34. The third-order valence-electron chi connectivity index (χ3n) is 3.29.